The maximum absolute atomic E-state index is 2.60. The van der Waals surface area contributed by atoms with Crippen molar-refractivity contribution in [3.05, 3.63) is 154 Å². The first kappa shape index (κ1) is 29.4. The number of hydrogen-bond acceptors (Lipinski definition) is 0. The van der Waals surface area contributed by atoms with Crippen LogP contribution in [0.5, 0.6) is 0 Å². The third-order valence-electron chi connectivity index (χ3n) is 9.83. The van der Waals surface area contributed by atoms with E-state index >= 15 is 0 Å². The molecule has 0 bridgehead atoms. The first-order valence-electron chi connectivity index (χ1n) is 16.4. The molecule has 6 rings (SSSR count). The molecular weight excluding hydrogens is 516 g/mol. The van der Waals surface area contributed by atoms with E-state index in [2.05, 4.69) is 158 Å². The molecule has 0 nitrogen and oxygen atoms in total. The zero-order valence-corrected chi connectivity index (χ0v) is 27.3. The van der Waals surface area contributed by atoms with Gasteiger partial charge in [0.1, 0.15) is 0 Å². The fourth-order valence-corrected chi connectivity index (χ4v) is 7.61. The molecular formula is C43H48. The first-order valence-corrected chi connectivity index (χ1v) is 16.4. The summed E-state index contributed by atoms with van der Waals surface area (Å²) in [5.74, 6) is 0.214. The van der Waals surface area contributed by atoms with E-state index in [0.717, 1.165) is 12.8 Å². The minimum absolute atomic E-state index is 0.0262. The third-order valence-corrected chi connectivity index (χ3v) is 9.83. The lowest BCUT2D eigenvalue weighted by molar-refractivity contribution is 0.494. The summed E-state index contributed by atoms with van der Waals surface area (Å²) in [7, 11) is 0. The summed E-state index contributed by atoms with van der Waals surface area (Å²) in [6.45, 7) is 16.4. The highest BCUT2D eigenvalue weighted by atomic mass is 14.5. The Morgan fingerprint density at radius 3 is 1.88 bits per heavy atom. The number of rotatable bonds is 7. The van der Waals surface area contributed by atoms with Crippen molar-refractivity contribution in [2.45, 2.75) is 90.4 Å². The molecule has 0 aliphatic heterocycles. The van der Waals surface area contributed by atoms with Crippen LogP contribution >= 0.6 is 0 Å². The summed E-state index contributed by atoms with van der Waals surface area (Å²) in [4.78, 5) is 0. The van der Waals surface area contributed by atoms with Gasteiger partial charge in [-0.2, -0.15) is 0 Å². The van der Waals surface area contributed by atoms with Gasteiger partial charge in [0.15, 0.2) is 0 Å². The maximum atomic E-state index is 2.60. The Bertz CT molecular complexity index is 1630. The second-order valence-corrected chi connectivity index (χ2v) is 14.8. The van der Waals surface area contributed by atoms with Gasteiger partial charge >= 0.3 is 0 Å². The molecule has 0 amide bonds. The van der Waals surface area contributed by atoms with Crippen molar-refractivity contribution < 1.29 is 0 Å². The highest BCUT2D eigenvalue weighted by Crippen LogP contribution is 2.55. The predicted molar refractivity (Wildman–Crippen MR) is 185 cm³/mol. The highest BCUT2D eigenvalue weighted by Gasteiger charge is 2.47. The van der Waals surface area contributed by atoms with Gasteiger partial charge < -0.3 is 0 Å². The Morgan fingerprint density at radius 2 is 1.30 bits per heavy atom. The van der Waals surface area contributed by atoms with Crippen molar-refractivity contribution in [1.82, 2.24) is 0 Å². The lowest BCUT2D eigenvalue weighted by Crippen LogP contribution is -2.39. The van der Waals surface area contributed by atoms with Gasteiger partial charge in [-0.3, -0.25) is 0 Å². The van der Waals surface area contributed by atoms with E-state index in [0.29, 0.717) is 0 Å². The lowest BCUT2D eigenvalue weighted by atomic mass is 9.58. The average Bonchev–Trinajstić information content (AvgIpc) is 3.61. The maximum Gasteiger partial charge on any atom is 0.0554 e. The molecule has 1 unspecified atom stereocenters. The zero-order valence-electron chi connectivity index (χ0n) is 27.3. The number of fused-ring (bicyclic) bond motifs is 3. The van der Waals surface area contributed by atoms with E-state index in [1.165, 1.54) is 68.5 Å². The van der Waals surface area contributed by atoms with Crippen LogP contribution in [0.3, 0.4) is 0 Å². The fraction of sp³-hybridized carbons (Fsp3) is 0.349. The van der Waals surface area contributed by atoms with Crippen molar-refractivity contribution in [2.75, 3.05) is 0 Å². The molecule has 0 N–H and O–H groups in total. The quantitative estimate of drug-likeness (QED) is 0.172. The molecule has 1 atom stereocenters. The van der Waals surface area contributed by atoms with Crippen LogP contribution in [-0.2, 0) is 22.7 Å². The summed E-state index contributed by atoms with van der Waals surface area (Å²) < 4.78 is 0. The summed E-state index contributed by atoms with van der Waals surface area (Å²) in [5.41, 5.74) is 14.1. The van der Waals surface area contributed by atoms with Crippen molar-refractivity contribution in [2.24, 2.45) is 5.92 Å². The van der Waals surface area contributed by atoms with Crippen LogP contribution in [0.4, 0.5) is 0 Å². The molecule has 0 saturated carbocycles. The van der Waals surface area contributed by atoms with Crippen LogP contribution in [0.2, 0.25) is 0 Å². The molecule has 0 aromatic heterocycles. The topological polar surface area (TPSA) is 0 Å². The molecule has 0 heterocycles. The van der Waals surface area contributed by atoms with Crippen LogP contribution < -0.4 is 0 Å². The van der Waals surface area contributed by atoms with Crippen molar-refractivity contribution >= 4 is 0 Å². The van der Waals surface area contributed by atoms with Gasteiger partial charge in [0.05, 0.1) is 5.41 Å². The van der Waals surface area contributed by atoms with Crippen molar-refractivity contribution in [3.8, 4) is 11.1 Å². The van der Waals surface area contributed by atoms with Crippen LogP contribution in [0.25, 0.3) is 11.1 Å². The lowest BCUT2D eigenvalue weighted by Gasteiger charge is -2.44. The van der Waals surface area contributed by atoms with Gasteiger partial charge in [0.25, 0.3) is 0 Å². The SMILES string of the molecule is CCCCC1=CC(C(c2ccccc2)(c2ccccc2)c2c(C(C)(C)C)ccc3c2Cc2cc(C(C)(C)C)ccc2-3)C=C1. The Kier molecular flexibility index (Phi) is 7.62. The molecule has 2 aliphatic carbocycles. The first-order chi connectivity index (χ1) is 20.5. The van der Waals surface area contributed by atoms with E-state index in [4.69, 9.17) is 0 Å². The van der Waals surface area contributed by atoms with Gasteiger partial charge in [-0.05, 0) is 80.2 Å². The molecule has 43 heavy (non-hydrogen) atoms. The van der Waals surface area contributed by atoms with E-state index < -0.39 is 0 Å². The minimum Gasteiger partial charge on any atom is -0.0758 e. The highest BCUT2D eigenvalue weighted by molar-refractivity contribution is 5.81. The molecule has 0 spiro atoms. The summed E-state index contributed by atoms with van der Waals surface area (Å²) in [6.07, 6.45) is 12.1. The summed E-state index contributed by atoms with van der Waals surface area (Å²) in [6, 6.07) is 34.9. The standard InChI is InChI=1S/C43H48/c1-8-9-16-30-21-22-35(27-30)43(32-17-12-10-13-18-32,33-19-14-11-15-20-33)40-38-29-31-28-34(41(2,3)4)23-24-36(31)37(38)25-26-39(40)42(5,6)7/h10-15,17-28,35H,8-9,16,29H2,1-7H3. The summed E-state index contributed by atoms with van der Waals surface area (Å²) in [5, 5.41) is 0. The minimum atomic E-state index is -0.365. The normalized spacial score (nSPS) is 16.3. The van der Waals surface area contributed by atoms with Crippen LogP contribution in [0.15, 0.2) is 115 Å². The van der Waals surface area contributed by atoms with Crippen molar-refractivity contribution in [3.63, 3.8) is 0 Å². The molecule has 0 radical (unpaired) electrons. The van der Waals surface area contributed by atoms with Crippen LogP contribution in [-0.4, -0.2) is 0 Å². The number of allylic oxidation sites excluding steroid dienone is 4. The fourth-order valence-electron chi connectivity index (χ4n) is 7.61. The zero-order chi connectivity index (χ0) is 30.4. The predicted octanol–water partition coefficient (Wildman–Crippen LogP) is 11.5. The second-order valence-electron chi connectivity index (χ2n) is 14.8. The van der Waals surface area contributed by atoms with Crippen LogP contribution in [0, 0.1) is 5.92 Å². The molecule has 0 fully saturated rings. The number of unbranched alkanes of at least 4 members (excludes halogenated alkanes) is 1. The van der Waals surface area contributed by atoms with Gasteiger partial charge in [0.2, 0.25) is 0 Å². The number of hydrogen-bond donors (Lipinski definition) is 0. The van der Waals surface area contributed by atoms with E-state index in [1.807, 2.05) is 0 Å². The van der Waals surface area contributed by atoms with Gasteiger partial charge in [-0.15, -0.1) is 0 Å². The third kappa shape index (κ3) is 5.14. The van der Waals surface area contributed by atoms with E-state index in [9.17, 15) is 0 Å². The van der Waals surface area contributed by atoms with Crippen molar-refractivity contribution in [1.29, 1.82) is 0 Å². The molecule has 4 aromatic rings. The monoisotopic (exact) mass is 564 g/mol. The Morgan fingerprint density at radius 1 is 0.674 bits per heavy atom. The largest absolute Gasteiger partial charge is 0.0758 e. The Balaban J connectivity index is 1.71. The molecule has 2 aliphatic rings. The molecule has 0 heteroatoms. The molecule has 220 valence electrons. The molecule has 0 saturated heterocycles. The smallest absolute Gasteiger partial charge is 0.0554 e. The van der Waals surface area contributed by atoms with E-state index in [1.54, 1.807) is 0 Å². The second kappa shape index (κ2) is 11.1. The van der Waals surface area contributed by atoms with Gasteiger partial charge in [-0.25, -0.2) is 0 Å². The summed E-state index contributed by atoms with van der Waals surface area (Å²) >= 11 is 0. The molecule has 4 aromatic carbocycles. The number of benzene rings is 4. The Labute approximate surface area is 260 Å². The van der Waals surface area contributed by atoms with E-state index in [-0.39, 0.29) is 22.2 Å². The Hall–Kier alpha value is -3.64. The van der Waals surface area contributed by atoms with Gasteiger partial charge in [0, 0.05) is 5.92 Å². The van der Waals surface area contributed by atoms with Gasteiger partial charge in [-0.1, -0.05) is 170 Å². The average molecular weight is 565 g/mol. The van der Waals surface area contributed by atoms with Crippen LogP contribution in [0.1, 0.15) is 107 Å².